The van der Waals surface area contributed by atoms with Gasteiger partial charge in [0.15, 0.2) is 0 Å². The van der Waals surface area contributed by atoms with E-state index in [1.54, 1.807) is 0 Å². The first-order chi connectivity index (χ1) is 9.74. The molecule has 0 aliphatic carbocycles. The first kappa shape index (κ1) is 13.3. The van der Waals surface area contributed by atoms with Gasteiger partial charge in [0, 0.05) is 37.8 Å². The van der Waals surface area contributed by atoms with Gasteiger partial charge in [0.1, 0.15) is 0 Å². The summed E-state index contributed by atoms with van der Waals surface area (Å²) in [6.07, 6.45) is 1.87. The zero-order valence-electron chi connectivity index (χ0n) is 11.9. The lowest BCUT2D eigenvalue weighted by molar-refractivity contribution is 0.319. The summed E-state index contributed by atoms with van der Waals surface area (Å²) < 4.78 is 0. The van der Waals surface area contributed by atoms with Gasteiger partial charge in [-0.15, -0.1) is 0 Å². The van der Waals surface area contributed by atoms with Crippen molar-refractivity contribution < 1.29 is 0 Å². The lowest BCUT2D eigenvalue weighted by Gasteiger charge is -2.16. The highest BCUT2D eigenvalue weighted by atomic mass is 15.2. The highest BCUT2D eigenvalue weighted by Crippen LogP contribution is 2.27. The summed E-state index contributed by atoms with van der Waals surface area (Å²) in [6.45, 7) is 4.97. The largest absolute Gasteiger partial charge is 0.326 e. The van der Waals surface area contributed by atoms with Crippen LogP contribution in [0.15, 0.2) is 48.7 Å². The van der Waals surface area contributed by atoms with Gasteiger partial charge in [-0.1, -0.05) is 36.4 Å². The van der Waals surface area contributed by atoms with Crippen LogP contribution in [0.2, 0.25) is 0 Å². The molecule has 0 bridgehead atoms. The molecule has 2 N–H and O–H groups in total. The van der Waals surface area contributed by atoms with E-state index in [2.05, 4.69) is 53.2 Å². The maximum Gasteiger partial charge on any atom is 0.0573 e. The second-order valence-corrected chi connectivity index (χ2v) is 5.64. The standard InChI is InChI=1S/C17H21N3/c1-13-6-5-9-19-17(13)12-20-10-15(16(18)11-20)14-7-3-2-4-8-14/h2-9,15-16H,10-12,18H2,1H3/t15-,16+/m0/s1. The molecule has 3 heteroatoms. The van der Waals surface area contributed by atoms with Gasteiger partial charge in [-0.2, -0.15) is 0 Å². The van der Waals surface area contributed by atoms with Gasteiger partial charge in [-0.3, -0.25) is 9.88 Å². The monoisotopic (exact) mass is 267 g/mol. The second-order valence-electron chi connectivity index (χ2n) is 5.64. The van der Waals surface area contributed by atoms with Crippen LogP contribution in [0.25, 0.3) is 0 Å². The van der Waals surface area contributed by atoms with E-state index in [-0.39, 0.29) is 6.04 Å². The first-order valence-electron chi connectivity index (χ1n) is 7.17. The van der Waals surface area contributed by atoms with Crippen molar-refractivity contribution in [1.29, 1.82) is 0 Å². The Morgan fingerprint density at radius 3 is 2.70 bits per heavy atom. The molecule has 3 rings (SSSR count). The number of pyridine rings is 1. The highest BCUT2D eigenvalue weighted by molar-refractivity contribution is 5.24. The maximum atomic E-state index is 6.33. The van der Waals surface area contributed by atoms with Gasteiger partial charge in [0.2, 0.25) is 0 Å². The van der Waals surface area contributed by atoms with Gasteiger partial charge < -0.3 is 5.73 Å². The topological polar surface area (TPSA) is 42.2 Å². The average Bonchev–Trinajstić information content (AvgIpc) is 2.83. The molecule has 1 saturated heterocycles. The van der Waals surface area contributed by atoms with E-state index in [1.165, 1.54) is 11.1 Å². The van der Waals surface area contributed by atoms with E-state index in [0.717, 1.165) is 25.3 Å². The van der Waals surface area contributed by atoms with Gasteiger partial charge in [-0.05, 0) is 24.1 Å². The highest BCUT2D eigenvalue weighted by Gasteiger charge is 2.31. The molecule has 0 saturated carbocycles. The number of aryl methyl sites for hydroxylation is 1. The van der Waals surface area contributed by atoms with Crippen molar-refractivity contribution in [3.63, 3.8) is 0 Å². The van der Waals surface area contributed by atoms with Gasteiger partial charge in [0.05, 0.1) is 5.69 Å². The lowest BCUT2D eigenvalue weighted by atomic mass is 9.95. The van der Waals surface area contributed by atoms with Crippen LogP contribution in [0.1, 0.15) is 22.7 Å². The molecule has 104 valence electrons. The Morgan fingerprint density at radius 2 is 1.95 bits per heavy atom. The molecule has 3 nitrogen and oxygen atoms in total. The third-order valence-corrected chi connectivity index (χ3v) is 4.16. The fourth-order valence-corrected chi connectivity index (χ4v) is 2.99. The molecular weight excluding hydrogens is 246 g/mol. The zero-order valence-corrected chi connectivity index (χ0v) is 11.9. The van der Waals surface area contributed by atoms with Crippen molar-refractivity contribution in [3.8, 4) is 0 Å². The van der Waals surface area contributed by atoms with Gasteiger partial charge in [-0.25, -0.2) is 0 Å². The summed E-state index contributed by atoms with van der Waals surface area (Å²) in [4.78, 5) is 6.90. The van der Waals surface area contributed by atoms with Crippen LogP contribution < -0.4 is 5.73 Å². The van der Waals surface area contributed by atoms with Crippen LogP contribution in [0.4, 0.5) is 0 Å². The van der Waals surface area contributed by atoms with Crippen LogP contribution in [0, 0.1) is 6.92 Å². The molecule has 2 aromatic rings. The Balaban J connectivity index is 1.71. The van der Waals surface area contributed by atoms with E-state index in [9.17, 15) is 0 Å². The number of benzene rings is 1. The molecule has 20 heavy (non-hydrogen) atoms. The van der Waals surface area contributed by atoms with Crippen molar-refractivity contribution in [2.45, 2.75) is 25.4 Å². The molecule has 1 aromatic carbocycles. The predicted molar refractivity (Wildman–Crippen MR) is 81.4 cm³/mol. The minimum absolute atomic E-state index is 0.210. The minimum atomic E-state index is 0.210. The summed E-state index contributed by atoms with van der Waals surface area (Å²) in [5.41, 5.74) is 10.1. The molecular formula is C17H21N3. The van der Waals surface area contributed by atoms with E-state index < -0.39 is 0 Å². The Kier molecular flexibility index (Phi) is 3.81. The smallest absolute Gasteiger partial charge is 0.0573 e. The molecule has 1 fully saturated rings. The normalized spacial score (nSPS) is 23.1. The second kappa shape index (κ2) is 5.73. The molecule has 0 amide bonds. The Hall–Kier alpha value is -1.71. The SMILES string of the molecule is Cc1cccnc1CN1C[C@@H](N)[C@H](c2ccccc2)C1. The Bertz CT molecular complexity index is 567. The van der Waals surface area contributed by atoms with E-state index in [4.69, 9.17) is 5.73 Å². The summed E-state index contributed by atoms with van der Waals surface area (Å²) in [5, 5.41) is 0. The predicted octanol–water partition coefficient (Wildman–Crippen LogP) is 2.32. The van der Waals surface area contributed by atoms with Crippen molar-refractivity contribution in [2.24, 2.45) is 5.73 Å². The summed E-state index contributed by atoms with van der Waals surface area (Å²) in [6, 6.07) is 14.9. The molecule has 1 aromatic heterocycles. The number of nitrogens with zero attached hydrogens (tertiary/aromatic N) is 2. The number of hydrogen-bond donors (Lipinski definition) is 1. The summed E-state index contributed by atoms with van der Waals surface area (Å²) >= 11 is 0. The average molecular weight is 267 g/mol. The lowest BCUT2D eigenvalue weighted by Crippen LogP contribution is -2.28. The minimum Gasteiger partial charge on any atom is -0.326 e. The van der Waals surface area contributed by atoms with Crippen molar-refractivity contribution in [3.05, 3.63) is 65.5 Å². The number of hydrogen-bond acceptors (Lipinski definition) is 3. The fourth-order valence-electron chi connectivity index (χ4n) is 2.99. The number of rotatable bonds is 3. The number of nitrogens with two attached hydrogens (primary N) is 1. The fraction of sp³-hybridized carbons (Fsp3) is 0.353. The molecule has 2 heterocycles. The van der Waals surface area contributed by atoms with E-state index >= 15 is 0 Å². The summed E-state index contributed by atoms with van der Waals surface area (Å²) in [5.74, 6) is 0.431. The molecule has 1 aliphatic heterocycles. The molecule has 0 unspecified atom stereocenters. The van der Waals surface area contributed by atoms with Crippen molar-refractivity contribution in [2.75, 3.05) is 13.1 Å². The zero-order chi connectivity index (χ0) is 13.9. The number of likely N-dealkylation sites (tertiary alicyclic amines) is 1. The van der Waals surface area contributed by atoms with Crippen LogP contribution >= 0.6 is 0 Å². The summed E-state index contributed by atoms with van der Waals surface area (Å²) in [7, 11) is 0. The van der Waals surface area contributed by atoms with Crippen LogP contribution in [-0.2, 0) is 6.54 Å². The van der Waals surface area contributed by atoms with Crippen LogP contribution in [0.3, 0.4) is 0 Å². The van der Waals surface area contributed by atoms with Crippen molar-refractivity contribution >= 4 is 0 Å². The molecule has 0 radical (unpaired) electrons. The first-order valence-corrected chi connectivity index (χ1v) is 7.17. The molecule has 2 atom stereocenters. The van der Waals surface area contributed by atoms with Crippen LogP contribution in [0.5, 0.6) is 0 Å². The van der Waals surface area contributed by atoms with E-state index in [1.807, 2.05) is 12.3 Å². The third-order valence-electron chi connectivity index (χ3n) is 4.16. The maximum absolute atomic E-state index is 6.33. The molecule has 1 aliphatic rings. The van der Waals surface area contributed by atoms with Crippen molar-refractivity contribution in [1.82, 2.24) is 9.88 Å². The third kappa shape index (κ3) is 2.74. The van der Waals surface area contributed by atoms with Gasteiger partial charge in [0.25, 0.3) is 0 Å². The molecule has 0 spiro atoms. The van der Waals surface area contributed by atoms with Crippen LogP contribution in [-0.4, -0.2) is 29.0 Å². The Labute approximate surface area is 120 Å². The number of aromatic nitrogens is 1. The van der Waals surface area contributed by atoms with E-state index in [0.29, 0.717) is 5.92 Å². The van der Waals surface area contributed by atoms with Gasteiger partial charge >= 0.3 is 0 Å². The quantitative estimate of drug-likeness (QED) is 0.928. The Morgan fingerprint density at radius 1 is 1.15 bits per heavy atom.